The molecule has 1 N–H and O–H groups in total. The van der Waals surface area contributed by atoms with Gasteiger partial charge in [0.2, 0.25) is 0 Å². The van der Waals surface area contributed by atoms with Crippen molar-refractivity contribution in [3.05, 3.63) is 57.8 Å². The smallest absolute Gasteiger partial charge is 0.319 e. The average Bonchev–Trinajstić information content (AvgIpc) is 3.20. The maximum Gasteiger partial charge on any atom is 0.435 e. The lowest BCUT2D eigenvalue weighted by Gasteiger charge is -2.14. The minimum absolute atomic E-state index is 0.271. The molecule has 29 heavy (non-hydrogen) atoms. The maximum atomic E-state index is 14.1. The minimum atomic E-state index is -5.05. The van der Waals surface area contributed by atoms with Crippen LogP contribution in [-0.2, 0) is 13.2 Å². The molecule has 0 spiro atoms. The number of nitrogens with zero attached hydrogens (tertiary/aromatic N) is 4. The van der Waals surface area contributed by atoms with Crippen LogP contribution in [0.4, 0.5) is 32.0 Å². The van der Waals surface area contributed by atoms with Crippen LogP contribution in [0.25, 0.3) is 5.69 Å². The molecular weight excluding hydrogens is 472 g/mol. The zero-order valence-corrected chi connectivity index (χ0v) is 15.9. The number of anilines is 1. The number of carbonyl (C=O) groups excluding carboxylic acids is 1. The Kier molecular flexibility index (Phi) is 5.43. The molecule has 0 aliphatic heterocycles. The fraction of sp³-hybridized carbons (Fsp3) is 0.188. The molecule has 0 saturated carbocycles. The first-order valence-corrected chi connectivity index (χ1v) is 8.52. The summed E-state index contributed by atoms with van der Waals surface area (Å²) in [7, 11) is 1.28. The van der Waals surface area contributed by atoms with E-state index in [1.165, 1.54) is 13.1 Å². The summed E-state index contributed by atoms with van der Waals surface area (Å²) in [6.07, 6.45) is -6.56. The second-order valence-electron chi connectivity index (χ2n) is 5.77. The molecule has 0 aliphatic carbocycles. The van der Waals surface area contributed by atoms with E-state index < -0.39 is 52.7 Å². The standard InChI is InChI=1S/C16H10BrF6N5O/c1-27-6-8(12(26-27)14(19)20)15(29)25-10-5-24-28(13(10)16(21,22)23)11-4-7(17)2-3-9(11)18/h2-6,14H,1H3,(H,25,29). The maximum absolute atomic E-state index is 14.1. The van der Waals surface area contributed by atoms with Gasteiger partial charge in [-0.2, -0.15) is 23.4 Å². The highest BCUT2D eigenvalue weighted by molar-refractivity contribution is 9.10. The molecule has 3 rings (SSSR count). The Bertz CT molecular complexity index is 1070. The third kappa shape index (κ3) is 4.13. The van der Waals surface area contributed by atoms with Crippen LogP contribution in [-0.4, -0.2) is 25.5 Å². The Morgan fingerprint density at radius 1 is 1.28 bits per heavy atom. The van der Waals surface area contributed by atoms with E-state index in [4.69, 9.17) is 0 Å². The van der Waals surface area contributed by atoms with E-state index in [0.29, 0.717) is 10.7 Å². The predicted molar refractivity (Wildman–Crippen MR) is 92.3 cm³/mol. The summed E-state index contributed by atoms with van der Waals surface area (Å²) in [6, 6.07) is 3.29. The Morgan fingerprint density at radius 2 is 1.97 bits per heavy atom. The molecule has 1 amide bonds. The summed E-state index contributed by atoms with van der Waals surface area (Å²) in [4.78, 5) is 12.3. The number of nitrogens with one attached hydrogen (secondary N) is 1. The summed E-state index contributed by atoms with van der Waals surface area (Å²) >= 11 is 3.03. The molecule has 0 bridgehead atoms. The van der Waals surface area contributed by atoms with Crippen molar-refractivity contribution in [3.8, 4) is 5.69 Å². The fourth-order valence-electron chi connectivity index (χ4n) is 2.57. The number of aromatic nitrogens is 4. The normalized spacial score (nSPS) is 11.9. The molecule has 13 heteroatoms. The van der Waals surface area contributed by atoms with E-state index in [0.717, 1.165) is 23.0 Å². The highest BCUT2D eigenvalue weighted by Gasteiger charge is 2.40. The van der Waals surface area contributed by atoms with Crippen LogP contribution in [0.15, 0.2) is 35.1 Å². The molecule has 1 aromatic carbocycles. The van der Waals surface area contributed by atoms with Crippen LogP contribution in [0.1, 0.15) is 28.2 Å². The van der Waals surface area contributed by atoms with E-state index in [2.05, 4.69) is 26.1 Å². The number of aryl methyl sites for hydroxylation is 1. The average molecular weight is 482 g/mol. The first-order chi connectivity index (χ1) is 13.5. The van der Waals surface area contributed by atoms with Crippen molar-refractivity contribution in [2.75, 3.05) is 5.32 Å². The van der Waals surface area contributed by atoms with Gasteiger partial charge in [-0.1, -0.05) is 15.9 Å². The number of hydrogen-bond donors (Lipinski definition) is 1. The first kappa shape index (κ1) is 20.9. The van der Waals surface area contributed by atoms with Gasteiger partial charge in [-0.05, 0) is 18.2 Å². The van der Waals surface area contributed by atoms with Crippen molar-refractivity contribution < 1.29 is 31.1 Å². The van der Waals surface area contributed by atoms with Crippen LogP contribution in [0.5, 0.6) is 0 Å². The molecule has 0 radical (unpaired) electrons. The van der Waals surface area contributed by atoms with E-state index >= 15 is 0 Å². The van der Waals surface area contributed by atoms with Gasteiger partial charge >= 0.3 is 6.18 Å². The summed E-state index contributed by atoms with van der Waals surface area (Å²) < 4.78 is 82.5. The van der Waals surface area contributed by atoms with E-state index in [1.807, 2.05) is 5.32 Å². The topological polar surface area (TPSA) is 64.7 Å². The van der Waals surface area contributed by atoms with Gasteiger partial charge in [0.25, 0.3) is 12.3 Å². The van der Waals surface area contributed by atoms with Gasteiger partial charge in [0.15, 0.2) is 5.69 Å². The number of carbonyl (C=O) groups is 1. The summed E-state index contributed by atoms with van der Waals surface area (Å²) in [5, 5.41) is 8.85. The monoisotopic (exact) mass is 481 g/mol. The Labute approximate surface area is 167 Å². The van der Waals surface area contributed by atoms with Crippen LogP contribution in [0.3, 0.4) is 0 Å². The zero-order chi connectivity index (χ0) is 21.5. The molecule has 0 saturated heterocycles. The van der Waals surface area contributed by atoms with Crippen molar-refractivity contribution >= 4 is 27.5 Å². The molecule has 3 aromatic rings. The Morgan fingerprint density at radius 3 is 2.59 bits per heavy atom. The fourth-order valence-corrected chi connectivity index (χ4v) is 2.92. The third-order valence-corrected chi connectivity index (χ3v) is 4.22. The van der Waals surface area contributed by atoms with Crippen molar-refractivity contribution in [3.63, 3.8) is 0 Å². The number of rotatable bonds is 4. The van der Waals surface area contributed by atoms with E-state index in [9.17, 15) is 31.1 Å². The van der Waals surface area contributed by atoms with Gasteiger partial charge in [0.1, 0.15) is 17.2 Å². The molecule has 0 fully saturated rings. The van der Waals surface area contributed by atoms with Gasteiger partial charge in [-0.25, -0.2) is 17.9 Å². The van der Waals surface area contributed by atoms with E-state index in [-0.39, 0.29) is 4.68 Å². The lowest BCUT2D eigenvalue weighted by molar-refractivity contribution is -0.142. The highest BCUT2D eigenvalue weighted by atomic mass is 79.9. The zero-order valence-electron chi connectivity index (χ0n) is 14.3. The number of alkyl halides is 5. The molecule has 0 atom stereocenters. The lowest BCUT2D eigenvalue weighted by Crippen LogP contribution is -2.19. The Hall–Kier alpha value is -2.83. The molecule has 154 valence electrons. The summed E-state index contributed by atoms with van der Waals surface area (Å²) in [5.74, 6) is -2.24. The van der Waals surface area contributed by atoms with Crippen LogP contribution in [0, 0.1) is 5.82 Å². The molecule has 0 aliphatic rings. The van der Waals surface area contributed by atoms with E-state index in [1.54, 1.807) is 0 Å². The van der Waals surface area contributed by atoms with Crippen molar-refractivity contribution in [1.82, 2.24) is 19.6 Å². The number of amides is 1. The lowest BCUT2D eigenvalue weighted by atomic mass is 10.2. The van der Waals surface area contributed by atoms with Gasteiger partial charge in [-0.15, -0.1) is 0 Å². The Balaban J connectivity index is 2.07. The molecule has 2 heterocycles. The van der Waals surface area contributed by atoms with Crippen LogP contribution < -0.4 is 5.32 Å². The van der Waals surface area contributed by atoms with Crippen LogP contribution >= 0.6 is 15.9 Å². The second kappa shape index (κ2) is 7.54. The van der Waals surface area contributed by atoms with Gasteiger partial charge in [0, 0.05) is 17.7 Å². The van der Waals surface area contributed by atoms with Gasteiger partial charge in [-0.3, -0.25) is 9.48 Å². The minimum Gasteiger partial charge on any atom is -0.319 e. The third-order valence-electron chi connectivity index (χ3n) is 3.73. The summed E-state index contributed by atoms with van der Waals surface area (Å²) in [5.41, 5.74) is -4.32. The number of benzene rings is 1. The van der Waals surface area contributed by atoms with Crippen LogP contribution in [0.2, 0.25) is 0 Å². The molecule has 2 aromatic heterocycles. The second-order valence-corrected chi connectivity index (χ2v) is 6.68. The molecule has 6 nitrogen and oxygen atoms in total. The summed E-state index contributed by atoms with van der Waals surface area (Å²) in [6.45, 7) is 0. The van der Waals surface area contributed by atoms with Crippen molar-refractivity contribution in [2.45, 2.75) is 12.6 Å². The first-order valence-electron chi connectivity index (χ1n) is 7.72. The number of halogens is 7. The largest absolute Gasteiger partial charge is 0.435 e. The quantitative estimate of drug-likeness (QED) is 0.548. The van der Waals surface area contributed by atoms with Gasteiger partial charge in [0.05, 0.1) is 17.4 Å². The molecular formula is C16H10BrF6N5O. The highest BCUT2D eigenvalue weighted by Crippen LogP contribution is 2.37. The van der Waals surface area contributed by atoms with Crippen molar-refractivity contribution in [1.29, 1.82) is 0 Å². The SMILES string of the molecule is Cn1cc(C(=O)Nc2cnn(-c3cc(Br)ccc3F)c2C(F)(F)F)c(C(F)F)n1. The molecule has 0 unspecified atom stereocenters. The van der Waals surface area contributed by atoms with Crippen molar-refractivity contribution in [2.24, 2.45) is 7.05 Å². The number of hydrogen-bond acceptors (Lipinski definition) is 3. The van der Waals surface area contributed by atoms with Gasteiger partial charge < -0.3 is 5.32 Å². The predicted octanol–water partition coefficient (Wildman–Crippen LogP) is 4.72.